The molecule has 0 bridgehead atoms. The average Bonchev–Trinajstić information content (AvgIpc) is 2.60. The number of ether oxygens (including phenoxy) is 1. The number of amides is 2. The highest BCUT2D eigenvalue weighted by atomic mass is 16.5. The number of methoxy groups -OCH3 is 1. The maximum absolute atomic E-state index is 13.2. The first-order chi connectivity index (χ1) is 11.9. The number of likely N-dealkylation sites (N-methyl/N-ethyl adjacent to an activating group) is 1. The van der Waals surface area contributed by atoms with Gasteiger partial charge in [0.25, 0.3) is 5.91 Å². The van der Waals surface area contributed by atoms with Crippen molar-refractivity contribution in [2.24, 2.45) is 11.1 Å². The van der Waals surface area contributed by atoms with Gasteiger partial charge in [-0.2, -0.15) is 0 Å². The van der Waals surface area contributed by atoms with Gasteiger partial charge in [0.2, 0.25) is 5.91 Å². The van der Waals surface area contributed by atoms with E-state index in [9.17, 15) is 9.59 Å². The first-order valence-electron chi connectivity index (χ1n) is 8.83. The van der Waals surface area contributed by atoms with Crippen LogP contribution in [-0.2, 0) is 4.79 Å². The fraction of sp³-hybridized carbons (Fsp3) is 0.579. The van der Waals surface area contributed by atoms with Gasteiger partial charge in [-0.25, -0.2) is 0 Å². The number of aryl methyl sites for hydroxylation is 1. The lowest BCUT2D eigenvalue weighted by molar-refractivity contribution is -0.138. The number of piperidine rings is 2. The Kier molecular flexibility index (Phi) is 4.73. The maximum atomic E-state index is 13.2. The molecule has 2 heterocycles. The molecule has 2 fully saturated rings. The van der Waals surface area contributed by atoms with E-state index in [0.29, 0.717) is 18.7 Å². The van der Waals surface area contributed by atoms with E-state index in [-0.39, 0.29) is 17.9 Å². The van der Waals surface area contributed by atoms with Crippen LogP contribution in [-0.4, -0.2) is 61.4 Å². The van der Waals surface area contributed by atoms with Crippen LogP contribution in [0.5, 0.6) is 5.75 Å². The molecule has 6 heteroatoms. The number of fused-ring (bicyclic) bond motifs is 1. The summed E-state index contributed by atoms with van der Waals surface area (Å²) in [7, 11) is 3.65. The van der Waals surface area contributed by atoms with Crippen molar-refractivity contribution in [3.63, 3.8) is 0 Å². The molecule has 2 aliphatic rings. The van der Waals surface area contributed by atoms with Crippen LogP contribution in [0.4, 0.5) is 0 Å². The predicted molar refractivity (Wildman–Crippen MR) is 95.5 cm³/mol. The van der Waals surface area contributed by atoms with Gasteiger partial charge in [-0.15, -0.1) is 0 Å². The highest BCUT2D eigenvalue weighted by Gasteiger charge is 2.52. The maximum Gasteiger partial charge on any atom is 0.254 e. The molecule has 0 aliphatic carbocycles. The van der Waals surface area contributed by atoms with Gasteiger partial charge in [-0.3, -0.25) is 9.59 Å². The van der Waals surface area contributed by atoms with E-state index in [2.05, 4.69) is 4.90 Å². The van der Waals surface area contributed by atoms with Gasteiger partial charge in [0, 0.05) is 18.7 Å². The van der Waals surface area contributed by atoms with Crippen molar-refractivity contribution in [2.75, 3.05) is 33.8 Å². The zero-order valence-electron chi connectivity index (χ0n) is 15.2. The summed E-state index contributed by atoms with van der Waals surface area (Å²) >= 11 is 0. The molecule has 0 aromatic heterocycles. The summed E-state index contributed by atoms with van der Waals surface area (Å²) in [5.74, 6) is 0.462. The Morgan fingerprint density at radius 2 is 2.04 bits per heavy atom. The molecule has 2 saturated heterocycles. The van der Waals surface area contributed by atoms with Gasteiger partial charge < -0.3 is 20.3 Å². The summed E-state index contributed by atoms with van der Waals surface area (Å²) in [4.78, 5) is 29.5. The summed E-state index contributed by atoms with van der Waals surface area (Å²) in [6.07, 6.45) is 2.30. The molecule has 25 heavy (non-hydrogen) atoms. The molecule has 0 radical (unpaired) electrons. The number of likely N-dealkylation sites (tertiary alicyclic amines) is 2. The standard InChI is InChI=1S/C19H27N3O3/c1-13-11-14(5-6-15(13)25-3)17(23)22-9-4-7-19(18(20)24)8-10-21(2)12-16(19)22/h5-6,11,16H,4,7-10,12H2,1-3H3,(H2,20,24)/t16-,19+/m0/s1. The van der Waals surface area contributed by atoms with Crippen molar-refractivity contribution in [3.05, 3.63) is 29.3 Å². The van der Waals surface area contributed by atoms with E-state index in [0.717, 1.165) is 37.1 Å². The van der Waals surface area contributed by atoms with Crippen LogP contribution in [0.3, 0.4) is 0 Å². The number of benzene rings is 1. The van der Waals surface area contributed by atoms with Crippen molar-refractivity contribution in [1.29, 1.82) is 0 Å². The van der Waals surface area contributed by atoms with Crippen LogP contribution >= 0.6 is 0 Å². The number of hydrogen-bond donors (Lipinski definition) is 1. The predicted octanol–water partition coefficient (Wildman–Crippen LogP) is 1.42. The summed E-state index contributed by atoms with van der Waals surface area (Å²) in [5, 5.41) is 0. The Bertz CT molecular complexity index is 690. The molecule has 2 N–H and O–H groups in total. The van der Waals surface area contributed by atoms with Gasteiger partial charge in [0.1, 0.15) is 5.75 Å². The average molecular weight is 345 g/mol. The molecule has 0 unspecified atom stereocenters. The minimum atomic E-state index is -0.595. The third kappa shape index (κ3) is 2.99. The lowest BCUT2D eigenvalue weighted by Crippen LogP contribution is -2.65. The van der Waals surface area contributed by atoms with Crippen LogP contribution in [0.15, 0.2) is 18.2 Å². The van der Waals surface area contributed by atoms with Crippen molar-refractivity contribution in [1.82, 2.24) is 9.80 Å². The summed E-state index contributed by atoms with van der Waals surface area (Å²) in [6.45, 7) is 4.11. The fourth-order valence-corrected chi connectivity index (χ4v) is 4.36. The number of rotatable bonds is 3. The van der Waals surface area contributed by atoms with Crippen LogP contribution in [0, 0.1) is 12.3 Å². The monoisotopic (exact) mass is 345 g/mol. The lowest BCUT2D eigenvalue weighted by Gasteiger charge is -2.52. The van der Waals surface area contributed by atoms with E-state index in [1.807, 2.05) is 31.0 Å². The van der Waals surface area contributed by atoms with Crippen LogP contribution in [0.1, 0.15) is 35.2 Å². The van der Waals surface area contributed by atoms with Crippen molar-refractivity contribution in [2.45, 2.75) is 32.2 Å². The Morgan fingerprint density at radius 3 is 2.68 bits per heavy atom. The first-order valence-corrected chi connectivity index (χ1v) is 8.83. The summed E-state index contributed by atoms with van der Waals surface area (Å²) < 4.78 is 5.28. The Hall–Kier alpha value is -2.08. The second-order valence-corrected chi connectivity index (χ2v) is 7.33. The van der Waals surface area contributed by atoms with Gasteiger partial charge >= 0.3 is 0 Å². The largest absolute Gasteiger partial charge is 0.496 e. The van der Waals surface area contributed by atoms with Crippen LogP contribution in [0.25, 0.3) is 0 Å². The quantitative estimate of drug-likeness (QED) is 0.899. The highest BCUT2D eigenvalue weighted by molar-refractivity contribution is 5.96. The Balaban J connectivity index is 1.93. The first kappa shape index (κ1) is 17.7. The molecule has 0 saturated carbocycles. The van der Waals surface area contributed by atoms with Gasteiger partial charge in [-0.1, -0.05) is 0 Å². The number of carbonyl (C=O) groups is 2. The molecule has 3 rings (SSSR count). The highest BCUT2D eigenvalue weighted by Crippen LogP contribution is 2.42. The third-order valence-electron chi connectivity index (χ3n) is 5.85. The number of hydrogen-bond acceptors (Lipinski definition) is 4. The van der Waals surface area contributed by atoms with Crippen molar-refractivity contribution >= 4 is 11.8 Å². The molecule has 6 nitrogen and oxygen atoms in total. The van der Waals surface area contributed by atoms with E-state index in [1.54, 1.807) is 13.2 Å². The second-order valence-electron chi connectivity index (χ2n) is 7.33. The van der Waals surface area contributed by atoms with E-state index < -0.39 is 5.41 Å². The molecular weight excluding hydrogens is 318 g/mol. The normalized spacial score (nSPS) is 26.8. The number of primary amides is 1. The van der Waals surface area contributed by atoms with Gasteiger partial charge in [-0.05, 0) is 63.5 Å². The second kappa shape index (κ2) is 6.67. The Labute approximate surface area is 148 Å². The molecule has 1 aromatic carbocycles. The molecule has 136 valence electrons. The summed E-state index contributed by atoms with van der Waals surface area (Å²) in [6, 6.07) is 5.31. The number of nitrogens with zero attached hydrogens (tertiary/aromatic N) is 2. The third-order valence-corrected chi connectivity index (χ3v) is 5.85. The minimum absolute atomic E-state index is 0.0311. The fourth-order valence-electron chi connectivity index (χ4n) is 4.36. The number of carbonyl (C=O) groups excluding carboxylic acids is 2. The topological polar surface area (TPSA) is 75.9 Å². The van der Waals surface area contributed by atoms with Crippen LogP contribution in [0.2, 0.25) is 0 Å². The minimum Gasteiger partial charge on any atom is -0.496 e. The van der Waals surface area contributed by atoms with Crippen molar-refractivity contribution in [3.8, 4) is 5.75 Å². The number of nitrogens with two attached hydrogens (primary N) is 1. The molecule has 0 spiro atoms. The lowest BCUT2D eigenvalue weighted by atomic mass is 9.67. The SMILES string of the molecule is COc1ccc(C(=O)N2CCC[C@@]3(C(N)=O)CCN(C)C[C@H]23)cc1C. The van der Waals surface area contributed by atoms with E-state index in [4.69, 9.17) is 10.5 Å². The smallest absolute Gasteiger partial charge is 0.254 e. The molecule has 2 aliphatic heterocycles. The zero-order valence-corrected chi connectivity index (χ0v) is 15.2. The van der Waals surface area contributed by atoms with E-state index in [1.165, 1.54) is 0 Å². The Morgan fingerprint density at radius 1 is 1.28 bits per heavy atom. The van der Waals surface area contributed by atoms with Gasteiger partial charge in [0.05, 0.1) is 18.6 Å². The summed E-state index contributed by atoms with van der Waals surface area (Å²) in [5.41, 5.74) is 6.77. The zero-order chi connectivity index (χ0) is 18.2. The molecule has 2 amide bonds. The van der Waals surface area contributed by atoms with Gasteiger partial charge in [0.15, 0.2) is 0 Å². The van der Waals surface area contributed by atoms with E-state index >= 15 is 0 Å². The molecular formula is C19H27N3O3. The van der Waals surface area contributed by atoms with Crippen molar-refractivity contribution < 1.29 is 14.3 Å². The molecule has 2 atom stereocenters. The molecule has 1 aromatic rings. The van der Waals surface area contributed by atoms with Crippen LogP contribution < -0.4 is 10.5 Å².